The molecule has 1 heterocycles. The minimum atomic E-state index is -0.0973. The number of aromatic nitrogens is 1. The lowest BCUT2D eigenvalue weighted by molar-refractivity contribution is 0.0948. The zero-order valence-electron chi connectivity index (χ0n) is 10.4. The lowest BCUT2D eigenvalue weighted by Crippen LogP contribution is -2.26. The molecule has 2 N–H and O–H groups in total. The van der Waals surface area contributed by atoms with Crippen molar-refractivity contribution in [2.75, 3.05) is 13.2 Å². The molecule has 1 aromatic rings. The number of hydrogen-bond donors (Lipinski definition) is 2. The molecule has 0 bridgehead atoms. The Balaban J connectivity index is 2.26. The average molecular weight is 236 g/mol. The van der Waals surface area contributed by atoms with Gasteiger partial charge in [0.1, 0.15) is 0 Å². The zero-order valence-corrected chi connectivity index (χ0v) is 10.4. The van der Waals surface area contributed by atoms with Gasteiger partial charge in [0, 0.05) is 25.5 Å². The van der Waals surface area contributed by atoms with E-state index in [0.717, 1.165) is 12.8 Å². The Kier molecular flexibility index (Phi) is 5.10. The molecule has 17 heavy (non-hydrogen) atoms. The molecule has 0 aromatic carbocycles. The van der Waals surface area contributed by atoms with Gasteiger partial charge in [-0.15, -0.1) is 0 Å². The molecule has 0 saturated heterocycles. The van der Waals surface area contributed by atoms with Crippen LogP contribution in [0.1, 0.15) is 37.0 Å². The Morgan fingerprint density at radius 1 is 1.53 bits per heavy atom. The molecule has 0 fully saturated rings. The smallest absolute Gasteiger partial charge is 0.252 e. The van der Waals surface area contributed by atoms with E-state index in [9.17, 15) is 4.79 Å². The monoisotopic (exact) mass is 236 g/mol. The predicted octanol–water partition coefficient (Wildman–Crippen LogP) is 1.61. The van der Waals surface area contributed by atoms with Crippen LogP contribution in [0.4, 0.5) is 0 Å². The number of carbonyl (C=O) groups excluding carboxylic acids is 1. The topological polar surface area (TPSA) is 62.2 Å². The van der Waals surface area contributed by atoms with Gasteiger partial charge in [0.05, 0.1) is 5.56 Å². The zero-order chi connectivity index (χ0) is 12.7. The minimum absolute atomic E-state index is 0.0704. The van der Waals surface area contributed by atoms with Crippen LogP contribution in [0, 0.1) is 5.41 Å². The summed E-state index contributed by atoms with van der Waals surface area (Å²) in [5.74, 6) is -0.0973. The second kappa shape index (κ2) is 6.35. The first kappa shape index (κ1) is 13.6. The summed E-state index contributed by atoms with van der Waals surface area (Å²) >= 11 is 0. The van der Waals surface area contributed by atoms with Crippen molar-refractivity contribution in [1.82, 2.24) is 10.3 Å². The Bertz CT molecular complexity index is 350. The van der Waals surface area contributed by atoms with Gasteiger partial charge >= 0.3 is 0 Å². The molecule has 0 atom stereocenters. The number of amides is 1. The maximum atomic E-state index is 11.6. The molecule has 0 unspecified atom stereocenters. The van der Waals surface area contributed by atoms with E-state index >= 15 is 0 Å². The van der Waals surface area contributed by atoms with Gasteiger partial charge in [-0.1, -0.05) is 13.8 Å². The van der Waals surface area contributed by atoms with Gasteiger partial charge < -0.3 is 10.4 Å². The van der Waals surface area contributed by atoms with Crippen LogP contribution in [0.3, 0.4) is 0 Å². The highest BCUT2D eigenvalue weighted by atomic mass is 16.3. The molecule has 1 amide bonds. The molecule has 1 rings (SSSR count). The van der Waals surface area contributed by atoms with Gasteiger partial charge in [0.2, 0.25) is 0 Å². The van der Waals surface area contributed by atoms with Crippen molar-refractivity contribution in [3.8, 4) is 0 Å². The molecule has 0 aliphatic carbocycles. The first-order valence-corrected chi connectivity index (χ1v) is 5.84. The lowest BCUT2D eigenvalue weighted by atomic mass is 9.89. The molecule has 0 aliphatic rings. The van der Waals surface area contributed by atoms with E-state index in [4.69, 9.17) is 5.11 Å². The number of carbonyl (C=O) groups is 1. The number of nitrogens with one attached hydrogen (secondary N) is 1. The van der Waals surface area contributed by atoms with Gasteiger partial charge in [-0.25, -0.2) is 0 Å². The summed E-state index contributed by atoms with van der Waals surface area (Å²) in [5.41, 5.74) is 0.507. The molecule has 94 valence electrons. The van der Waals surface area contributed by atoms with Gasteiger partial charge in [0.25, 0.3) is 5.91 Å². The summed E-state index contributed by atoms with van der Waals surface area (Å²) in [4.78, 5) is 15.5. The maximum absolute atomic E-state index is 11.6. The van der Waals surface area contributed by atoms with Gasteiger partial charge in [-0.3, -0.25) is 9.78 Å². The van der Waals surface area contributed by atoms with E-state index in [0.29, 0.717) is 12.1 Å². The number of aliphatic hydroxyl groups is 1. The summed E-state index contributed by atoms with van der Waals surface area (Å²) in [6, 6.07) is 3.48. The van der Waals surface area contributed by atoms with E-state index in [1.165, 1.54) is 0 Å². The van der Waals surface area contributed by atoms with Gasteiger partial charge in [-0.05, 0) is 30.4 Å². The highest BCUT2D eigenvalue weighted by Crippen LogP contribution is 2.20. The molecule has 0 saturated carbocycles. The summed E-state index contributed by atoms with van der Waals surface area (Å²) in [7, 11) is 0. The Hall–Kier alpha value is -1.42. The van der Waals surface area contributed by atoms with E-state index in [1.807, 2.05) is 13.8 Å². The molecular formula is C13H20N2O2. The van der Waals surface area contributed by atoms with Crippen molar-refractivity contribution in [2.45, 2.75) is 26.7 Å². The van der Waals surface area contributed by atoms with E-state index in [2.05, 4.69) is 10.3 Å². The second-order valence-corrected chi connectivity index (χ2v) is 4.92. The van der Waals surface area contributed by atoms with Crippen LogP contribution in [-0.4, -0.2) is 29.1 Å². The third-order valence-corrected chi connectivity index (χ3v) is 2.67. The number of pyridine rings is 1. The molecule has 4 nitrogen and oxygen atoms in total. The summed E-state index contributed by atoms with van der Waals surface area (Å²) in [5, 5.41) is 11.9. The summed E-state index contributed by atoms with van der Waals surface area (Å²) in [6.07, 6.45) is 4.93. The number of aliphatic hydroxyl groups excluding tert-OH is 1. The molecule has 0 spiro atoms. The Morgan fingerprint density at radius 3 is 2.88 bits per heavy atom. The number of nitrogens with zero attached hydrogens (tertiary/aromatic N) is 1. The van der Waals surface area contributed by atoms with Crippen molar-refractivity contribution in [3.05, 3.63) is 30.1 Å². The van der Waals surface area contributed by atoms with Crippen LogP contribution in [0.15, 0.2) is 24.5 Å². The molecule has 0 radical (unpaired) electrons. The fourth-order valence-electron chi connectivity index (χ4n) is 1.45. The average Bonchev–Trinajstić information content (AvgIpc) is 2.35. The fraction of sp³-hybridized carbons (Fsp3) is 0.538. The van der Waals surface area contributed by atoms with Crippen LogP contribution in [-0.2, 0) is 0 Å². The number of hydrogen-bond acceptors (Lipinski definition) is 3. The Morgan fingerprint density at radius 2 is 2.29 bits per heavy atom. The van der Waals surface area contributed by atoms with Crippen LogP contribution >= 0.6 is 0 Å². The van der Waals surface area contributed by atoms with Crippen molar-refractivity contribution < 1.29 is 9.90 Å². The van der Waals surface area contributed by atoms with E-state index in [1.54, 1.807) is 24.5 Å². The third-order valence-electron chi connectivity index (χ3n) is 2.67. The lowest BCUT2D eigenvalue weighted by Gasteiger charge is -2.21. The molecular weight excluding hydrogens is 216 g/mol. The van der Waals surface area contributed by atoms with Crippen LogP contribution in [0.25, 0.3) is 0 Å². The first-order chi connectivity index (χ1) is 8.05. The highest BCUT2D eigenvalue weighted by Gasteiger charge is 2.15. The third kappa shape index (κ3) is 4.95. The second-order valence-electron chi connectivity index (χ2n) is 4.92. The van der Waals surface area contributed by atoms with Crippen LogP contribution < -0.4 is 5.32 Å². The number of rotatable bonds is 6. The van der Waals surface area contributed by atoms with Gasteiger partial charge in [0.15, 0.2) is 0 Å². The van der Waals surface area contributed by atoms with Crippen molar-refractivity contribution >= 4 is 5.91 Å². The minimum Gasteiger partial charge on any atom is -0.396 e. The fourth-order valence-corrected chi connectivity index (χ4v) is 1.45. The largest absolute Gasteiger partial charge is 0.396 e. The maximum Gasteiger partial charge on any atom is 0.252 e. The predicted molar refractivity (Wildman–Crippen MR) is 66.7 cm³/mol. The van der Waals surface area contributed by atoms with E-state index < -0.39 is 0 Å². The quantitative estimate of drug-likeness (QED) is 0.738. The molecule has 0 aliphatic heterocycles. The van der Waals surface area contributed by atoms with Gasteiger partial charge in [-0.2, -0.15) is 0 Å². The molecule has 1 aromatic heterocycles. The summed E-state index contributed by atoms with van der Waals surface area (Å²) in [6.45, 7) is 4.81. The SMILES string of the molecule is CC(C)(CO)CCCNC(=O)c1cccnc1. The van der Waals surface area contributed by atoms with Crippen molar-refractivity contribution in [1.29, 1.82) is 0 Å². The highest BCUT2D eigenvalue weighted by molar-refractivity contribution is 5.93. The molecule has 4 heteroatoms. The first-order valence-electron chi connectivity index (χ1n) is 5.84. The van der Waals surface area contributed by atoms with Crippen LogP contribution in [0.2, 0.25) is 0 Å². The van der Waals surface area contributed by atoms with Crippen LogP contribution in [0.5, 0.6) is 0 Å². The van der Waals surface area contributed by atoms with E-state index in [-0.39, 0.29) is 17.9 Å². The standard InChI is InChI=1S/C13H20N2O2/c1-13(2,10-16)6-4-8-15-12(17)11-5-3-7-14-9-11/h3,5,7,9,16H,4,6,8,10H2,1-2H3,(H,15,17). The van der Waals surface area contributed by atoms with Crippen molar-refractivity contribution in [3.63, 3.8) is 0 Å². The normalized spacial score (nSPS) is 11.2. The Labute approximate surface area is 102 Å². The summed E-state index contributed by atoms with van der Waals surface area (Å²) < 4.78 is 0. The van der Waals surface area contributed by atoms with Crippen molar-refractivity contribution in [2.24, 2.45) is 5.41 Å².